The molecule has 0 fully saturated rings. The number of carbonyl (C=O) groups is 2. The van der Waals surface area contributed by atoms with Crippen LogP contribution in [0.2, 0.25) is 0 Å². The first-order chi connectivity index (χ1) is 8.95. The predicted octanol–water partition coefficient (Wildman–Crippen LogP) is 1.36. The number of nitro groups is 1. The first kappa shape index (κ1) is 14.6. The SMILES string of the molecule is CCC(=O)NCCc1cc(C(=O)O)ccc1[N+](=O)[O-]. The van der Waals surface area contributed by atoms with Crippen LogP contribution >= 0.6 is 0 Å². The van der Waals surface area contributed by atoms with E-state index in [4.69, 9.17) is 5.11 Å². The Kier molecular flexibility index (Phi) is 4.99. The van der Waals surface area contributed by atoms with Crippen LogP contribution in [-0.2, 0) is 11.2 Å². The summed E-state index contributed by atoms with van der Waals surface area (Å²) < 4.78 is 0. The van der Waals surface area contributed by atoms with E-state index in [-0.39, 0.29) is 30.1 Å². The molecule has 1 rings (SSSR count). The summed E-state index contributed by atoms with van der Waals surface area (Å²) in [6.07, 6.45) is 0.542. The number of hydrogen-bond acceptors (Lipinski definition) is 4. The van der Waals surface area contributed by atoms with Gasteiger partial charge in [-0.25, -0.2) is 4.79 Å². The number of nitrogens with one attached hydrogen (secondary N) is 1. The molecule has 102 valence electrons. The second-order valence-electron chi connectivity index (χ2n) is 3.86. The minimum atomic E-state index is -1.14. The number of nitro benzene ring substituents is 1. The standard InChI is InChI=1S/C12H14N2O5/c1-2-11(15)13-6-5-8-7-9(12(16)17)3-4-10(8)14(18)19/h3-4,7H,2,5-6H2,1H3,(H,13,15)(H,16,17). The van der Waals surface area contributed by atoms with Crippen LogP contribution in [0, 0.1) is 10.1 Å². The van der Waals surface area contributed by atoms with Crippen molar-refractivity contribution in [3.05, 3.63) is 39.4 Å². The highest BCUT2D eigenvalue weighted by molar-refractivity contribution is 5.88. The Morgan fingerprint density at radius 1 is 1.42 bits per heavy atom. The van der Waals surface area contributed by atoms with E-state index in [1.807, 2.05) is 0 Å². The molecule has 1 aromatic rings. The molecular formula is C12H14N2O5. The third-order valence-electron chi connectivity index (χ3n) is 2.56. The first-order valence-corrected chi connectivity index (χ1v) is 5.73. The van der Waals surface area contributed by atoms with Crippen molar-refractivity contribution in [3.63, 3.8) is 0 Å². The predicted molar refractivity (Wildman–Crippen MR) is 67.1 cm³/mol. The maximum atomic E-state index is 11.1. The summed E-state index contributed by atoms with van der Waals surface area (Å²) in [7, 11) is 0. The maximum Gasteiger partial charge on any atom is 0.335 e. The van der Waals surface area contributed by atoms with Gasteiger partial charge in [-0.05, 0) is 18.6 Å². The molecule has 0 unspecified atom stereocenters. The molecule has 7 nitrogen and oxygen atoms in total. The number of carboxylic acids is 1. The molecule has 7 heteroatoms. The molecular weight excluding hydrogens is 252 g/mol. The van der Waals surface area contributed by atoms with E-state index in [1.54, 1.807) is 6.92 Å². The Hall–Kier alpha value is -2.44. The van der Waals surface area contributed by atoms with Crippen LogP contribution in [0.5, 0.6) is 0 Å². The second-order valence-corrected chi connectivity index (χ2v) is 3.86. The molecule has 0 aliphatic carbocycles. The minimum absolute atomic E-state index is 0.0116. The van der Waals surface area contributed by atoms with Gasteiger partial charge < -0.3 is 10.4 Å². The van der Waals surface area contributed by atoms with Crippen LogP contribution in [-0.4, -0.2) is 28.5 Å². The Balaban J connectivity index is 2.88. The smallest absolute Gasteiger partial charge is 0.335 e. The van der Waals surface area contributed by atoms with Gasteiger partial charge in [-0.1, -0.05) is 6.92 Å². The fraction of sp³-hybridized carbons (Fsp3) is 0.333. The van der Waals surface area contributed by atoms with Gasteiger partial charge in [0.1, 0.15) is 0 Å². The van der Waals surface area contributed by atoms with Gasteiger partial charge >= 0.3 is 5.97 Å². The van der Waals surface area contributed by atoms with Crippen molar-refractivity contribution in [2.45, 2.75) is 19.8 Å². The molecule has 0 aliphatic rings. The third kappa shape index (κ3) is 4.06. The normalized spacial score (nSPS) is 9.95. The number of carbonyl (C=O) groups excluding carboxylic acids is 1. The summed E-state index contributed by atoms with van der Waals surface area (Å²) in [4.78, 5) is 32.1. The van der Waals surface area contributed by atoms with Crippen LogP contribution in [0.4, 0.5) is 5.69 Å². The van der Waals surface area contributed by atoms with Crippen molar-refractivity contribution in [1.82, 2.24) is 5.32 Å². The van der Waals surface area contributed by atoms with E-state index < -0.39 is 10.9 Å². The second kappa shape index (κ2) is 6.48. The fourth-order valence-electron chi connectivity index (χ4n) is 1.56. The van der Waals surface area contributed by atoms with E-state index in [1.165, 1.54) is 18.2 Å². The zero-order valence-corrected chi connectivity index (χ0v) is 10.4. The summed E-state index contributed by atoms with van der Waals surface area (Å²) in [5.41, 5.74) is 0.138. The van der Waals surface area contributed by atoms with E-state index in [9.17, 15) is 19.7 Å². The van der Waals surface area contributed by atoms with Crippen molar-refractivity contribution in [2.75, 3.05) is 6.54 Å². The van der Waals surface area contributed by atoms with Crippen molar-refractivity contribution in [1.29, 1.82) is 0 Å². The van der Waals surface area contributed by atoms with Gasteiger partial charge in [0.2, 0.25) is 5.91 Å². The number of amides is 1. The number of benzene rings is 1. The van der Waals surface area contributed by atoms with Crippen LogP contribution in [0.15, 0.2) is 18.2 Å². The highest BCUT2D eigenvalue weighted by atomic mass is 16.6. The zero-order chi connectivity index (χ0) is 14.4. The molecule has 1 aromatic carbocycles. The summed E-state index contributed by atoms with van der Waals surface area (Å²) in [6, 6.07) is 3.62. The van der Waals surface area contributed by atoms with Crippen molar-refractivity contribution in [3.8, 4) is 0 Å². The van der Waals surface area contributed by atoms with Crippen molar-refractivity contribution < 1.29 is 19.6 Å². The van der Waals surface area contributed by atoms with Gasteiger partial charge in [0, 0.05) is 24.6 Å². The Labute approximate surface area is 109 Å². The monoisotopic (exact) mass is 266 g/mol. The van der Waals surface area contributed by atoms with Gasteiger partial charge in [0.25, 0.3) is 5.69 Å². The number of aromatic carboxylic acids is 1. The van der Waals surface area contributed by atoms with Crippen LogP contribution in [0.1, 0.15) is 29.3 Å². The Morgan fingerprint density at radius 3 is 2.63 bits per heavy atom. The average Bonchev–Trinajstić information content (AvgIpc) is 2.37. The minimum Gasteiger partial charge on any atom is -0.478 e. The summed E-state index contributed by atoms with van der Waals surface area (Å²) in [5, 5.41) is 22.3. The highest BCUT2D eigenvalue weighted by Gasteiger charge is 2.16. The van der Waals surface area contributed by atoms with Crippen molar-refractivity contribution >= 4 is 17.6 Å². The lowest BCUT2D eigenvalue weighted by Crippen LogP contribution is -2.24. The Morgan fingerprint density at radius 2 is 2.11 bits per heavy atom. The van der Waals surface area contributed by atoms with Gasteiger partial charge in [-0.2, -0.15) is 0 Å². The topological polar surface area (TPSA) is 110 Å². The molecule has 0 saturated heterocycles. The largest absolute Gasteiger partial charge is 0.478 e. The lowest BCUT2D eigenvalue weighted by molar-refractivity contribution is -0.385. The summed E-state index contributed by atoms with van der Waals surface area (Å²) in [6.45, 7) is 1.93. The van der Waals surface area contributed by atoms with Gasteiger partial charge in [0.05, 0.1) is 10.5 Å². The van der Waals surface area contributed by atoms with E-state index >= 15 is 0 Å². The molecule has 2 N–H and O–H groups in total. The molecule has 1 amide bonds. The molecule has 0 heterocycles. The quantitative estimate of drug-likeness (QED) is 0.596. The number of carboxylic acid groups (broad SMARTS) is 1. The molecule has 0 bridgehead atoms. The van der Waals surface area contributed by atoms with E-state index in [0.29, 0.717) is 12.0 Å². The Bertz CT molecular complexity index is 513. The summed E-state index contributed by atoms with van der Waals surface area (Å²) in [5.74, 6) is -1.30. The molecule has 0 atom stereocenters. The van der Waals surface area contributed by atoms with Crippen LogP contribution in [0.25, 0.3) is 0 Å². The van der Waals surface area contributed by atoms with E-state index in [0.717, 1.165) is 0 Å². The average molecular weight is 266 g/mol. The lowest BCUT2D eigenvalue weighted by Gasteiger charge is -2.06. The number of nitrogens with zero attached hydrogens (tertiary/aromatic N) is 1. The fourth-order valence-corrected chi connectivity index (χ4v) is 1.56. The molecule has 0 aliphatic heterocycles. The number of rotatable bonds is 6. The molecule has 0 aromatic heterocycles. The van der Waals surface area contributed by atoms with Gasteiger partial charge in [-0.3, -0.25) is 14.9 Å². The van der Waals surface area contributed by atoms with Gasteiger partial charge in [-0.15, -0.1) is 0 Å². The van der Waals surface area contributed by atoms with Crippen molar-refractivity contribution in [2.24, 2.45) is 0 Å². The molecule has 0 spiro atoms. The highest BCUT2D eigenvalue weighted by Crippen LogP contribution is 2.20. The molecule has 19 heavy (non-hydrogen) atoms. The maximum absolute atomic E-state index is 11.1. The zero-order valence-electron chi connectivity index (χ0n) is 10.4. The van der Waals surface area contributed by atoms with Crippen LogP contribution in [0.3, 0.4) is 0 Å². The first-order valence-electron chi connectivity index (χ1n) is 5.73. The third-order valence-corrected chi connectivity index (χ3v) is 2.56. The summed E-state index contributed by atoms with van der Waals surface area (Å²) >= 11 is 0. The van der Waals surface area contributed by atoms with E-state index in [2.05, 4.69) is 5.32 Å². The molecule has 0 radical (unpaired) electrons. The lowest BCUT2D eigenvalue weighted by atomic mass is 10.1. The van der Waals surface area contributed by atoms with Crippen LogP contribution < -0.4 is 5.32 Å². The molecule has 0 saturated carbocycles. The van der Waals surface area contributed by atoms with Gasteiger partial charge in [0.15, 0.2) is 0 Å². The number of hydrogen-bond donors (Lipinski definition) is 2.